The Hall–Kier alpha value is -2.93. The van der Waals surface area contributed by atoms with Gasteiger partial charge in [-0.1, -0.05) is 25.5 Å². The number of hydrogen-bond acceptors (Lipinski definition) is 5. The maximum absolute atomic E-state index is 12.0. The summed E-state index contributed by atoms with van der Waals surface area (Å²) < 4.78 is 6.50. The lowest BCUT2D eigenvalue weighted by Gasteiger charge is -2.11. The Bertz CT molecular complexity index is 935. The van der Waals surface area contributed by atoms with Crippen LogP contribution in [0.15, 0.2) is 42.5 Å². The van der Waals surface area contributed by atoms with Gasteiger partial charge < -0.3 is 15.2 Å². The number of carboxylic acid groups (broad SMARTS) is 1. The van der Waals surface area contributed by atoms with Crippen LogP contribution in [0.1, 0.15) is 26.2 Å². The van der Waals surface area contributed by atoms with Gasteiger partial charge in [0, 0.05) is 18.2 Å². The van der Waals surface area contributed by atoms with Gasteiger partial charge in [0.1, 0.15) is 10.8 Å². The van der Waals surface area contributed by atoms with Crippen molar-refractivity contribution in [2.75, 3.05) is 11.9 Å². The highest BCUT2D eigenvalue weighted by Crippen LogP contribution is 2.37. The first-order chi connectivity index (χ1) is 13.1. The first-order valence-electron chi connectivity index (χ1n) is 8.71. The third-order valence-corrected chi connectivity index (χ3v) is 4.97. The summed E-state index contributed by atoms with van der Waals surface area (Å²) in [6, 6.07) is 13.0. The summed E-state index contributed by atoms with van der Waals surface area (Å²) in [6.07, 6.45) is 2.20. The molecule has 2 N–H and O–H groups in total. The molecule has 0 atom stereocenters. The van der Waals surface area contributed by atoms with Crippen LogP contribution in [0.2, 0.25) is 0 Å². The fourth-order valence-electron chi connectivity index (χ4n) is 2.58. The van der Waals surface area contributed by atoms with Crippen molar-refractivity contribution in [3.8, 4) is 16.3 Å². The Labute approximate surface area is 160 Å². The van der Waals surface area contributed by atoms with E-state index in [-0.39, 0.29) is 5.91 Å². The van der Waals surface area contributed by atoms with Crippen molar-refractivity contribution in [1.82, 2.24) is 4.98 Å². The van der Waals surface area contributed by atoms with Crippen LogP contribution in [0.4, 0.5) is 5.69 Å². The number of fused-ring (bicyclic) bond motifs is 1. The Morgan fingerprint density at radius 3 is 2.78 bits per heavy atom. The van der Waals surface area contributed by atoms with Gasteiger partial charge in [-0.3, -0.25) is 4.79 Å². The molecule has 1 aromatic heterocycles. The van der Waals surface area contributed by atoms with Crippen LogP contribution in [-0.2, 0) is 9.59 Å². The number of nitrogens with one attached hydrogen (secondary N) is 1. The van der Waals surface area contributed by atoms with E-state index in [0.29, 0.717) is 23.4 Å². The molecule has 140 valence electrons. The third-order valence-electron chi connectivity index (χ3n) is 3.90. The van der Waals surface area contributed by atoms with E-state index in [4.69, 9.17) is 9.84 Å². The molecule has 3 rings (SSSR count). The van der Waals surface area contributed by atoms with Crippen LogP contribution in [0.3, 0.4) is 0 Å². The maximum Gasteiger partial charge on any atom is 0.341 e. The van der Waals surface area contributed by atoms with Gasteiger partial charge in [-0.15, -0.1) is 11.3 Å². The number of thiazole rings is 1. The predicted molar refractivity (Wildman–Crippen MR) is 106 cm³/mol. The van der Waals surface area contributed by atoms with E-state index in [1.807, 2.05) is 31.2 Å². The number of benzene rings is 2. The number of nitrogens with zero attached hydrogens (tertiary/aromatic N) is 1. The molecule has 1 heterocycles. The highest BCUT2D eigenvalue weighted by atomic mass is 32.1. The average molecular weight is 384 g/mol. The zero-order valence-corrected chi connectivity index (χ0v) is 15.7. The van der Waals surface area contributed by atoms with Crippen molar-refractivity contribution in [3.05, 3.63) is 42.5 Å². The van der Waals surface area contributed by atoms with Gasteiger partial charge in [-0.25, -0.2) is 9.78 Å². The summed E-state index contributed by atoms with van der Waals surface area (Å²) in [7, 11) is 0. The average Bonchev–Trinajstić information content (AvgIpc) is 3.08. The minimum Gasteiger partial charge on any atom is -0.481 e. The van der Waals surface area contributed by atoms with Crippen LogP contribution in [0.25, 0.3) is 20.8 Å². The highest BCUT2D eigenvalue weighted by molar-refractivity contribution is 7.21. The van der Waals surface area contributed by atoms with Crippen LogP contribution >= 0.6 is 11.3 Å². The van der Waals surface area contributed by atoms with Crippen molar-refractivity contribution in [3.63, 3.8) is 0 Å². The second-order valence-corrected chi connectivity index (χ2v) is 7.06. The zero-order valence-electron chi connectivity index (χ0n) is 14.9. The van der Waals surface area contributed by atoms with E-state index >= 15 is 0 Å². The number of amides is 1. The fraction of sp³-hybridized carbons (Fsp3) is 0.250. The topological polar surface area (TPSA) is 88.5 Å². The molecule has 0 spiro atoms. The zero-order chi connectivity index (χ0) is 19.2. The summed E-state index contributed by atoms with van der Waals surface area (Å²) in [6.45, 7) is 1.56. The quantitative estimate of drug-likeness (QED) is 0.594. The first kappa shape index (κ1) is 18.8. The van der Waals surface area contributed by atoms with Gasteiger partial charge in [0.05, 0.1) is 15.8 Å². The summed E-state index contributed by atoms with van der Waals surface area (Å²) in [5, 5.41) is 12.5. The standard InChI is InChI=1S/C20H20N2O4S/c1-2-3-8-18(23)21-13-9-10-14(16(11-13)26-12-19(24)25)20-22-15-6-4-5-7-17(15)27-20/h4-7,9-11H,2-3,8,12H2,1H3,(H,21,23)(H,24,25). The molecule has 0 aliphatic heterocycles. The number of aliphatic carboxylic acids is 1. The SMILES string of the molecule is CCCCC(=O)Nc1ccc(-c2nc3ccccc3s2)c(OCC(=O)O)c1. The molecular formula is C20H20N2O4S. The summed E-state index contributed by atoms with van der Waals surface area (Å²) in [4.78, 5) is 27.5. The number of ether oxygens (including phenoxy) is 1. The van der Waals surface area contributed by atoms with Gasteiger partial charge in [-0.2, -0.15) is 0 Å². The molecule has 0 radical (unpaired) electrons. The second-order valence-electron chi connectivity index (χ2n) is 6.03. The number of anilines is 1. The minimum atomic E-state index is -1.07. The van der Waals surface area contributed by atoms with Gasteiger partial charge in [0.25, 0.3) is 0 Å². The van der Waals surface area contributed by atoms with Crippen LogP contribution in [-0.4, -0.2) is 28.6 Å². The molecule has 0 aliphatic rings. The van der Waals surface area contributed by atoms with Gasteiger partial charge in [0.15, 0.2) is 6.61 Å². The summed E-state index contributed by atoms with van der Waals surface area (Å²) in [5.41, 5.74) is 2.14. The first-order valence-corrected chi connectivity index (χ1v) is 9.53. The molecule has 1 amide bonds. The molecule has 0 bridgehead atoms. The highest BCUT2D eigenvalue weighted by Gasteiger charge is 2.14. The lowest BCUT2D eigenvalue weighted by molar-refractivity contribution is -0.139. The molecule has 0 fully saturated rings. The number of carbonyl (C=O) groups excluding carboxylic acids is 1. The van der Waals surface area contributed by atoms with Crippen molar-refractivity contribution in [2.45, 2.75) is 26.2 Å². The minimum absolute atomic E-state index is 0.0752. The van der Waals surface area contributed by atoms with Crippen molar-refractivity contribution >= 4 is 39.1 Å². The van der Waals surface area contributed by atoms with E-state index in [0.717, 1.165) is 28.1 Å². The molecular weight excluding hydrogens is 364 g/mol. The van der Waals surface area contributed by atoms with Crippen LogP contribution in [0, 0.1) is 0 Å². The molecule has 0 unspecified atom stereocenters. The summed E-state index contributed by atoms with van der Waals surface area (Å²) in [5.74, 6) is -0.763. The smallest absolute Gasteiger partial charge is 0.341 e. The third kappa shape index (κ3) is 4.83. The monoisotopic (exact) mass is 384 g/mol. The Balaban J connectivity index is 1.91. The van der Waals surface area contributed by atoms with Crippen LogP contribution in [0.5, 0.6) is 5.75 Å². The van der Waals surface area contributed by atoms with Gasteiger partial charge in [0.2, 0.25) is 5.91 Å². The lowest BCUT2D eigenvalue weighted by Crippen LogP contribution is -2.12. The number of rotatable bonds is 8. The predicted octanol–water partition coefficient (Wildman–Crippen LogP) is 4.56. The molecule has 2 aromatic carbocycles. The van der Waals surface area contributed by atoms with Crippen molar-refractivity contribution in [1.29, 1.82) is 0 Å². The molecule has 6 nitrogen and oxygen atoms in total. The molecule has 0 saturated heterocycles. The fourth-order valence-corrected chi connectivity index (χ4v) is 3.58. The number of unbranched alkanes of at least 4 members (excludes halogenated alkanes) is 1. The molecule has 0 aliphatic carbocycles. The van der Waals surface area contributed by atoms with Crippen molar-refractivity contribution < 1.29 is 19.4 Å². The molecule has 7 heteroatoms. The second kappa shape index (κ2) is 8.64. The van der Waals surface area contributed by atoms with E-state index in [2.05, 4.69) is 10.3 Å². The lowest BCUT2D eigenvalue weighted by atomic mass is 10.1. The molecule has 0 saturated carbocycles. The van der Waals surface area contributed by atoms with E-state index in [1.165, 1.54) is 11.3 Å². The Kier molecular flexibility index (Phi) is 6.03. The number of aromatic nitrogens is 1. The Morgan fingerprint density at radius 1 is 1.22 bits per heavy atom. The number of para-hydroxylation sites is 1. The van der Waals surface area contributed by atoms with Gasteiger partial charge in [-0.05, 0) is 30.7 Å². The van der Waals surface area contributed by atoms with E-state index in [9.17, 15) is 9.59 Å². The number of carbonyl (C=O) groups is 2. The van der Waals surface area contributed by atoms with Gasteiger partial charge >= 0.3 is 5.97 Å². The van der Waals surface area contributed by atoms with E-state index in [1.54, 1.807) is 18.2 Å². The Morgan fingerprint density at radius 2 is 2.04 bits per heavy atom. The normalized spacial score (nSPS) is 10.7. The number of hydrogen-bond donors (Lipinski definition) is 2. The van der Waals surface area contributed by atoms with Crippen LogP contribution < -0.4 is 10.1 Å². The van der Waals surface area contributed by atoms with E-state index < -0.39 is 12.6 Å². The molecule has 27 heavy (non-hydrogen) atoms. The van der Waals surface area contributed by atoms with Crippen molar-refractivity contribution in [2.24, 2.45) is 0 Å². The summed E-state index contributed by atoms with van der Waals surface area (Å²) >= 11 is 1.50. The maximum atomic E-state index is 12.0. The molecule has 3 aromatic rings. The largest absolute Gasteiger partial charge is 0.481 e. The number of carboxylic acids is 1.